The molecule has 2 unspecified atom stereocenters. The smallest absolute Gasteiger partial charge is 0.234 e. The molecule has 4 bridgehead atoms. The highest BCUT2D eigenvalue weighted by molar-refractivity contribution is 8.13. The summed E-state index contributed by atoms with van der Waals surface area (Å²) in [4.78, 5) is 20.9. The number of carbonyl (C=O) groups excluding carboxylic acids is 1. The van der Waals surface area contributed by atoms with Crippen LogP contribution in [0.2, 0.25) is 0 Å². The summed E-state index contributed by atoms with van der Waals surface area (Å²) in [6, 6.07) is 8.35. The molecular weight excluding hydrogens is 400 g/mol. The van der Waals surface area contributed by atoms with Crippen LogP contribution in [0.3, 0.4) is 0 Å². The largest absolute Gasteiger partial charge is 0.291 e. The second-order valence-electron chi connectivity index (χ2n) is 10.2. The maximum absolute atomic E-state index is 14.0. The number of halogens is 1. The Morgan fingerprint density at radius 1 is 1.21 bits per heavy atom. The lowest BCUT2D eigenvalue weighted by Gasteiger charge is -2.59. The molecule has 0 radical (unpaired) electrons. The first-order valence-electron chi connectivity index (χ1n) is 11.2. The van der Waals surface area contributed by atoms with Gasteiger partial charge in [-0.1, -0.05) is 43.8 Å². The van der Waals surface area contributed by atoms with Gasteiger partial charge < -0.3 is 0 Å². The number of hydrogen-bond donors (Lipinski definition) is 0. The third-order valence-electron chi connectivity index (χ3n) is 7.45. The van der Waals surface area contributed by atoms with Crippen LogP contribution < -0.4 is 0 Å². The van der Waals surface area contributed by atoms with Crippen LogP contribution in [-0.2, 0) is 4.79 Å². The lowest BCUT2D eigenvalue weighted by atomic mass is 9.49. The Bertz CT molecular complexity index is 837. The van der Waals surface area contributed by atoms with E-state index in [1.807, 2.05) is 11.0 Å². The minimum absolute atomic E-state index is 0.135. The normalized spacial score (nSPS) is 37.5. The molecule has 6 rings (SSSR count). The van der Waals surface area contributed by atoms with Gasteiger partial charge in [-0.3, -0.25) is 9.69 Å². The molecular formula is C24H31ClN2OS. The first kappa shape index (κ1) is 19.9. The standard InChI is InChI=1S/C24H31ClN2OS/c1-16(2)19-6-3-4-7-20(19)26-22-27(8-5-9-29-22)21(28)23-11-17-10-18(12-23)14-24(25,13-17)15-23/h3-4,6-7,16-18H,5,8-15H2,1-2H3/t17-,18+,23?,24?. The summed E-state index contributed by atoms with van der Waals surface area (Å²) < 4.78 is 0. The molecule has 4 saturated carbocycles. The van der Waals surface area contributed by atoms with Crippen LogP contribution in [0, 0.1) is 17.3 Å². The van der Waals surface area contributed by atoms with E-state index in [4.69, 9.17) is 16.6 Å². The summed E-state index contributed by atoms with van der Waals surface area (Å²) in [5, 5.41) is 0.897. The molecule has 5 heteroatoms. The fourth-order valence-corrected chi connectivity index (χ4v) is 8.35. The van der Waals surface area contributed by atoms with Crippen molar-refractivity contribution in [3.8, 4) is 0 Å². The van der Waals surface area contributed by atoms with Gasteiger partial charge in [0.05, 0.1) is 11.1 Å². The summed E-state index contributed by atoms with van der Waals surface area (Å²) in [6.07, 6.45) is 7.47. The van der Waals surface area contributed by atoms with E-state index in [0.717, 1.165) is 61.7 Å². The number of hydrogen-bond acceptors (Lipinski definition) is 3. The van der Waals surface area contributed by atoms with Gasteiger partial charge >= 0.3 is 0 Å². The summed E-state index contributed by atoms with van der Waals surface area (Å²) in [5.41, 5.74) is 2.00. The van der Waals surface area contributed by atoms with Crippen molar-refractivity contribution < 1.29 is 4.79 Å². The molecule has 1 aliphatic heterocycles. The van der Waals surface area contributed by atoms with Gasteiger partial charge in [0.25, 0.3) is 0 Å². The Labute approximate surface area is 183 Å². The number of amides is 1. The van der Waals surface area contributed by atoms with E-state index in [9.17, 15) is 4.79 Å². The zero-order valence-electron chi connectivity index (χ0n) is 17.5. The van der Waals surface area contributed by atoms with Gasteiger partial charge in [0, 0.05) is 17.2 Å². The van der Waals surface area contributed by atoms with Gasteiger partial charge in [0.15, 0.2) is 5.17 Å². The number of para-hydroxylation sites is 1. The SMILES string of the molecule is CC(C)c1ccccc1N=C1SCCCN1C(=O)C12C[C@@H]3C[C@@H](CC(Cl)(C3)C1)C2. The van der Waals surface area contributed by atoms with Gasteiger partial charge in [-0.25, -0.2) is 4.99 Å². The number of rotatable bonds is 3. The Hall–Kier alpha value is -1.000. The highest BCUT2D eigenvalue weighted by Crippen LogP contribution is 2.64. The number of carbonyl (C=O) groups is 1. The van der Waals surface area contributed by atoms with Gasteiger partial charge in [0.1, 0.15) is 0 Å². The lowest BCUT2D eigenvalue weighted by molar-refractivity contribution is -0.151. The van der Waals surface area contributed by atoms with Crippen LogP contribution in [0.25, 0.3) is 0 Å². The predicted octanol–water partition coefficient (Wildman–Crippen LogP) is 6.34. The van der Waals surface area contributed by atoms with E-state index in [1.54, 1.807) is 11.8 Å². The first-order chi connectivity index (χ1) is 13.9. The van der Waals surface area contributed by atoms with Crippen molar-refractivity contribution >= 4 is 40.1 Å². The molecule has 4 aliphatic carbocycles. The van der Waals surface area contributed by atoms with Gasteiger partial charge in [0.2, 0.25) is 5.91 Å². The van der Waals surface area contributed by atoms with Crippen LogP contribution in [0.5, 0.6) is 0 Å². The van der Waals surface area contributed by atoms with Crippen LogP contribution in [0.15, 0.2) is 29.3 Å². The van der Waals surface area contributed by atoms with Crippen LogP contribution in [-0.4, -0.2) is 33.1 Å². The highest BCUT2D eigenvalue weighted by atomic mass is 35.5. The van der Waals surface area contributed by atoms with Crippen molar-refractivity contribution in [3.63, 3.8) is 0 Å². The molecule has 1 aromatic carbocycles. The number of nitrogens with zero attached hydrogens (tertiary/aromatic N) is 2. The Kier molecular flexibility index (Phi) is 5.02. The second-order valence-corrected chi connectivity index (χ2v) is 12.0. The van der Waals surface area contributed by atoms with E-state index < -0.39 is 0 Å². The van der Waals surface area contributed by atoms with Gasteiger partial charge in [-0.15, -0.1) is 11.6 Å². The molecule has 0 N–H and O–H groups in total. The quantitative estimate of drug-likeness (QED) is 0.524. The molecule has 5 fully saturated rings. The van der Waals surface area contributed by atoms with E-state index in [0.29, 0.717) is 23.7 Å². The topological polar surface area (TPSA) is 32.7 Å². The number of aliphatic imine (C=N–C) groups is 1. The Balaban J connectivity index is 1.47. The van der Waals surface area contributed by atoms with Crippen LogP contribution in [0.4, 0.5) is 5.69 Å². The van der Waals surface area contributed by atoms with Crippen molar-refractivity contribution in [3.05, 3.63) is 29.8 Å². The van der Waals surface area contributed by atoms with Crippen molar-refractivity contribution in [1.29, 1.82) is 0 Å². The molecule has 3 nitrogen and oxygen atoms in total. The zero-order valence-corrected chi connectivity index (χ0v) is 19.1. The monoisotopic (exact) mass is 430 g/mol. The Morgan fingerprint density at radius 3 is 2.62 bits per heavy atom. The Morgan fingerprint density at radius 2 is 1.93 bits per heavy atom. The van der Waals surface area contributed by atoms with E-state index in [2.05, 4.69) is 32.0 Å². The van der Waals surface area contributed by atoms with Crippen LogP contribution in [0.1, 0.15) is 70.3 Å². The molecule has 1 saturated heterocycles. The highest BCUT2D eigenvalue weighted by Gasteiger charge is 2.61. The van der Waals surface area contributed by atoms with E-state index in [1.165, 1.54) is 12.0 Å². The van der Waals surface area contributed by atoms with Gasteiger partial charge in [-0.05, 0) is 74.3 Å². The van der Waals surface area contributed by atoms with E-state index >= 15 is 0 Å². The number of thioether (sulfide) groups is 1. The minimum Gasteiger partial charge on any atom is -0.291 e. The molecule has 0 aromatic heterocycles. The zero-order chi connectivity index (χ0) is 20.2. The minimum atomic E-state index is -0.248. The third-order valence-corrected chi connectivity index (χ3v) is 8.96. The molecule has 5 aliphatic rings. The van der Waals surface area contributed by atoms with Crippen molar-refractivity contribution in [1.82, 2.24) is 4.90 Å². The van der Waals surface area contributed by atoms with Crippen molar-refractivity contribution in [2.24, 2.45) is 22.2 Å². The third kappa shape index (κ3) is 3.54. The molecule has 1 aromatic rings. The van der Waals surface area contributed by atoms with Gasteiger partial charge in [-0.2, -0.15) is 0 Å². The number of amidine groups is 1. The fraction of sp³-hybridized carbons (Fsp3) is 0.667. The maximum Gasteiger partial charge on any atom is 0.234 e. The summed E-state index contributed by atoms with van der Waals surface area (Å²) in [7, 11) is 0. The molecule has 4 atom stereocenters. The second kappa shape index (κ2) is 7.30. The predicted molar refractivity (Wildman–Crippen MR) is 122 cm³/mol. The lowest BCUT2D eigenvalue weighted by Crippen LogP contribution is -2.60. The van der Waals surface area contributed by atoms with Crippen molar-refractivity contribution in [2.75, 3.05) is 12.3 Å². The molecule has 29 heavy (non-hydrogen) atoms. The molecule has 156 valence electrons. The molecule has 0 spiro atoms. The van der Waals surface area contributed by atoms with Crippen molar-refractivity contribution in [2.45, 2.75) is 69.6 Å². The first-order valence-corrected chi connectivity index (χ1v) is 12.6. The fourth-order valence-electron chi connectivity index (χ4n) is 6.71. The summed E-state index contributed by atoms with van der Waals surface area (Å²) >= 11 is 8.76. The summed E-state index contributed by atoms with van der Waals surface area (Å²) in [5.74, 6) is 3.02. The maximum atomic E-state index is 14.0. The summed E-state index contributed by atoms with van der Waals surface area (Å²) in [6.45, 7) is 5.19. The average molecular weight is 431 g/mol. The van der Waals surface area contributed by atoms with Crippen LogP contribution >= 0.6 is 23.4 Å². The average Bonchev–Trinajstić information content (AvgIpc) is 2.66. The number of alkyl halides is 1. The van der Waals surface area contributed by atoms with E-state index in [-0.39, 0.29) is 10.3 Å². The molecule has 1 amide bonds. The number of benzene rings is 1. The molecule has 1 heterocycles.